The minimum atomic E-state index is -0.256. The van der Waals surface area contributed by atoms with Crippen LogP contribution in [-0.4, -0.2) is 17.7 Å². The Labute approximate surface area is 181 Å². The number of benzene rings is 2. The highest BCUT2D eigenvalue weighted by Crippen LogP contribution is 2.65. The molecule has 0 spiro atoms. The standard InChI is InChI=1S/C26H24N2O3/c1-13-6-9-21(14(2)10-13)27-24(29)15-4-3-5-16(11-15)28-25(30)22-17-7-8-18(20-12-19(17)20)23(22)26(28)31/h3-11,17-20,22-23H,12H2,1-2H3,(H,27,29)/t17-,18+,19-,20-,22+,23-/m1/s1. The van der Waals surface area contributed by atoms with Gasteiger partial charge in [0.2, 0.25) is 11.8 Å². The number of nitrogens with one attached hydrogen (secondary N) is 1. The van der Waals surface area contributed by atoms with E-state index in [9.17, 15) is 14.4 Å². The van der Waals surface area contributed by atoms with Gasteiger partial charge in [0.15, 0.2) is 0 Å². The van der Waals surface area contributed by atoms with E-state index in [4.69, 9.17) is 0 Å². The summed E-state index contributed by atoms with van der Waals surface area (Å²) in [5.41, 5.74) is 3.79. The molecule has 5 heteroatoms. The van der Waals surface area contributed by atoms with Gasteiger partial charge in [-0.15, -0.1) is 0 Å². The number of carbonyl (C=O) groups excluding carboxylic acids is 3. The number of amides is 3. The van der Waals surface area contributed by atoms with Gasteiger partial charge in [-0.25, -0.2) is 4.90 Å². The number of rotatable bonds is 3. The molecule has 2 saturated carbocycles. The van der Waals surface area contributed by atoms with Crippen LogP contribution in [0.5, 0.6) is 0 Å². The first-order chi connectivity index (χ1) is 14.9. The first-order valence-corrected chi connectivity index (χ1v) is 11.0. The summed E-state index contributed by atoms with van der Waals surface area (Å²) < 4.78 is 0. The molecular formula is C26H24N2O3. The quantitative estimate of drug-likeness (QED) is 0.609. The van der Waals surface area contributed by atoms with E-state index in [1.807, 2.05) is 32.0 Å². The molecule has 1 N–H and O–H groups in total. The van der Waals surface area contributed by atoms with Crippen LogP contribution in [0, 0.1) is 49.4 Å². The number of anilines is 2. The van der Waals surface area contributed by atoms with Crippen molar-refractivity contribution in [1.29, 1.82) is 0 Å². The van der Waals surface area contributed by atoms with Crippen LogP contribution in [0.25, 0.3) is 0 Å². The van der Waals surface area contributed by atoms with Crippen molar-refractivity contribution in [3.05, 3.63) is 71.3 Å². The SMILES string of the molecule is Cc1ccc(NC(=O)c2cccc(N3C(=O)[C@@H]4[C@H]5C=C[C@H]([C@H]6C[C@H]56)[C@@H]4C3=O)c2)c(C)c1. The number of carbonyl (C=O) groups is 3. The molecule has 156 valence electrons. The van der Waals surface area contributed by atoms with Crippen LogP contribution in [0.4, 0.5) is 11.4 Å². The third-order valence-electron chi connectivity index (χ3n) is 7.66. The number of allylic oxidation sites excluding steroid dienone is 2. The number of hydrogen-bond donors (Lipinski definition) is 1. The molecule has 3 fully saturated rings. The maximum Gasteiger partial charge on any atom is 0.255 e. The van der Waals surface area contributed by atoms with Gasteiger partial charge in [0.1, 0.15) is 0 Å². The fourth-order valence-corrected chi connectivity index (χ4v) is 6.15. The molecule has 2 bridgehead atoms. The molecule has 1 heterocycles. The molecule has 0 unspecified atom stereocenters. The summed E-state index contributed by atoms with van der Waals surface area (Å²) in [6.45, 7) is 3.96. The molecule has 4 aliphatic carbocycles. The van der Waals surface area contributed by atoms with E-state index < -0.39 is 0 Å². The van der Waals surface area contributed by atoms with Crippen molar-refractivity contribution in [1.82, 2.24) is 0 Å². The molecule has 0 aromatic heterocycles. The van der Waals surface area contributed by atoms with E-state index in [2.05, 4.69) is 17.5 Å². The van der Waals surface area contributed by atoms with Crippen LogP contribution >= 0.6 is 0 Å². The van der Waals surface area contributed by atoms with Crippen molar-refractivity contribution < 1.29 is 14.4 Å². The van der Waals surface area contributed by atoms with Gasteiger partial charge in [0, 0.05) is 11.3 Å². The zero-order valence-electron chi connectivity index (χ0n) is 17.5. The van der Waals surface area contributed by atoms with Crippen molar-refractivity contribution in [2.75, 3.05) is 10.2 Å². The highest BCUT2D eigenvalue weighted by atomic mass is 16.2. The van der Waals surface area contributed by atoms with Crippen LogP contribution in [0.15, 0.2) is 54.6 Å². The number of hydrogen-bond acceptors (Lipinski definition) is 3. The van der Waals surface area contributed by atoms with Crippen LogP contribution in [0.3, 0.4) is 0 Å². The minimum Gasteiger partial charge on any atom is -0.322 e. The lowest BCUT2D eigenvalue weighted by Gasteiger charge is -2.37. The van der Waals surface area contributed by atoms with Crippen LogP contribution in [0.1, 0.15) is 27.9 Å². The van der Waals surface area contributed by atoms with Crippen molar-refractivity contribution >= 4 is 29.1 Å². The zero-order valence-corrected chi connectivity index (χ0v) is 17.5. The average Bonchev–Trinajstić information content (AvgIpc) is 3.53. The monoisotopic (exact) mass is 412 g/mol. The van der Waals surface area contributed by atoms with E-state index in [1.54, 1.807) is 24.3 Å². The maximum atomic E-state index is 13.3. The molecule has 5 aliphatic rings. The highest BCUT2D eigenvalue weighted by Gasteiger charge is 2.67. The summed E-state index contributed by atoms with van der Waals surface area (Å²) in [6.07, 6.45) is 5.48. The summed E-state index contributed by atoms with van der Waals surface area (Å²) in [4.78, 5) is 40.9. The smallest absolute Gasteiger partial charge is 0.255 e. The Balaban J connectivity index is 1.28. The second-order valence-electron chi connectivity index (χ2n) is 9.49. The van der Waals surface area contributed by atoms with E-state index in [1.165, 1.54) is 4.90 Å². The van der Waals surface area contributed by atoms with Gasteiger partial charge in [-0.1, -0.05) is 35.9 Å². The topological polar surface area (TPSA) is 66.5 Å². The van der Waals surface area contributed by atoms with Gasteiger partial charge >= 0.3 is 0 Å². The largest absolute Gasteiger partial charge is 0.322 e. The van der Waals surface area contributed by atoms with Gasteiger partial charge in [0.05, 0.1) is 17.5 Å². The molecule has 2 aromatic rings. The Hall–Kier alpha value is -3.21. The Bertz CT molecular complexity index is 1150. The van der Waals surface area contributed by atoms with Crippen molar-refractivity contribution in [3.8, 4) is 0 Å². The van der Waals surface area contributed by atoms with E-state index in [-0.39, 0.29) is 41.4 Å². The van der Waals surface area contributed by atoms with Crippen LogP contribution in [-0.2, 0) is 9.59 Å². The summed E-state index contributed by atoms with van der Waals surface area (Å²) in [7, 11) is 0. The molecule has 1 aliphatic heterocycles. The molecule has 3 amide bonds. The highest BCUT2D eigenvalue weighted by molar-refractivity contribution is 6.23. The Morgan fingerprint density at radius 1 is 0.935 bits per heavy atom. The lowest BCUT2D eigenvalue weighted by Crippen LogP contribution is -2.40. The Morgan fingerprint density at radius 2 is 1.61 bits per heavy atom. The van der Waals surface area contributed by atoms with Gasteiger partial charge in [-0.3, -0.25) is 14.4 Å². The number of imide groups is 1. The van der Waals surface area contributed by atoms with E-state index in [0.29, 0.717) is 23.1 Å². The second-order valence-corrected chi connectivity index (χ2v) is 9.49. The van der Waals surface area contributed by atoms with E-state index in [0.717, 1.165) is 23.2 Å². The van der Waals surface area contributed by atoms with E-state index >= 15 is 0 Å². The molecule has 0 radical (unpaired) electrons. The predicted molar refractivity (Wildman–Crippen MR) is 118 cm³/mol. The molecule has 2 aromatic carbocycles. The van der Waals surface area contributed by atoms with Crippen molar-refractivity contribution in [2.24, 2.45) is 35.5 Å². The summed E-state index contributed by atoms with van der Waals surface area (Å²) >= 11 is 0. The molecule has 31 heavy (non-hydrogen) atoms. The first kappa shape index (κ1) is 18.6. The number of nitrogens with zero attached hydrogens (tertiary/aromatic N) is 1. The summed E-state index contributed by atoms with van der Waals surface area (Å²) in [5, 5.41) is 2.94. The Morgan fingerprint density at radius 3 is 2.26 bits per heavy atom. The second kappa shape index (κ2) is 6.39. The molecule has 7 rings (SSSR count). The van der Waals surface area contributed by atoms with Crippen molar-refractivity contribution in [2.45, 2.75) is 20.3 Å². The van der Waals surface area contributed by atoms with Gasteiger partial charge in [0.25, 0.3) is 5.91 Å². The van der Waals surface area contributed by atoms with Crippen LogP contribution < -0.4 is 10.2 Å². The molecular weight excluding hydrogens is 388 g/mol. The third kappa shape index (κ3) is 2.65. The number of aryl methyl sites for hydroxylation is 2. The molecule has 5 nitrogen and oxygen atoms in total. The van der Waals surface area contributed by atoms with Gasteiger partial charge in [-0.05, 0) is 73.8 Å². The van der Waals surface area contributed by atoms with Crippen molar-refractivity contribution in [3.63, 3.8) is 0 Å². The summed E-state index contributed by atoms with van der Waals surface area (Å²) in [5.74, 6) is 0.588. The zero-order chi connectivity index (χ0) is 21.4. The van der Waals surface area contributed by atoms with Gasteiger partial charge < -0.3 is 5.32 Å². The summed E-state index contributed by atoms with van der Waals surface area (Å²) in [6, 6.07) is 12.7. The Kier molecular flexibility index (Phi) is 3.83. The third-order valence-corrected chi connectivity index (χ3v) is 7.66. The first-order valence-electron chi connectivity index (χ1n) is 11.0. The molecule has 1 saturated heterocycles. The predicted octanol–water partition coefficient (Wildman–Crippen LogP) is 4.11. The average molecular weight is 412 g/mol. The normalized spacial score (nSPS) is 32.1. The lowest BCUT2D eigenvalue weighted by atomic mass is 9.63. The van der Waals surface area contributed by atoms with Gasteiger partial charge in [-0.2, -0.15) is 0 Å². The fourth-order valence-electron chi connectivity index (χ4n) is 6.15. The minimum absolute atomic E-state index is 0.105. The van der Waals surface area contributed by atoms with Crippen LogP contribution in [0.2, 0.25) is 0 Å². The maximum absolute atomic E-state index is 13.3. The molecule has 6 atom stereocenters. The lowest BCUT2D eigenvalue weighted by molar-refractivity contribution is -0.124. The fraction of sp³-hybridized carbons (Fsp3) is 0.346.